The molecule has 29 heavy (non-hydrogen) atoms. The lowest BCUT2D eigenvalue weighted by Crippen LogP contribution is -2.34. The topological polar surface area (TPSA) is 36.4 Å². The van der Waals surface area contributed by atoms with Gasteiger partial charge in [-0.15, -0.1) is 0 Å². The summed E-state index contributed by atoms with van der Waals surface area (Å²) in [6.45, 7) is 4.18. The van der Waals surface area contributed by atoms with Crippen molar-refractivity contribution in [2.45, 2.75) is 31.1 Å². The number of nitrogens with zero attached hydrogens (tertiary/aromatic N) is 3. The normalized spacial score (nSPS) is 21.8. The fourth-order valence-corrected chi connectivity index (χ4v) is 5.44. The Hall–Kier alpha value is -1.82. The Morgan fingerprint density at radius 2 is 2.00 bits per heavy atom. The molecule has 0 radical (unpaired) electrons. The van der Waals surface area contributed by atoms with Crippen LogP contribution in [0.1, 0.15) is 42.2 Å². The van der Waals surface area contributed by atoms with Crippen LogP contribution in [0.15, 0.2) is 53.7 Å². The van der Waals surface area contributed by atoms with E-state index in [4.69, 9.17) is 11.6 Å². The van der Waals surface area contributed by atoms with Gasteiger partial charge in [0.25, 0.3) is 5.91 Å². The second-order valence-corrected chi connectivity index (χ2v) is 9.13. The molecular weight excluding hydrogens is 402 g/mol. The third-order valence-electron chi connectivity index (χ3n) is 5.43. The minimum atomic E-state index is -0.0366. The number of aromatic nitrogens is 1. The Morgan fingerprint density at radius 1 is 1.14 bits per heavy atom. The highest BCUT2D eigenvalue weighted by molar-refractivity contribution is 8.04. The van der Waals surface area contributed by atoms with Crippen molar-refractivity contribution in [3.8, 4) is 0 Å². The molecule has 2 fully saturated rings. The molecule has 6 heteroatoms. The maximum Gasteiger partial charge on any atom is 0.261 e. The monoisotopic (exact) mass is 427 g/mol. The number of piperidine rings is 1. The zero-order valence-corrected chi connectivity index (χ0v) is 18.0. The highest BCUT2D eigenvalue weighted by Gasteiger charge is 2.36. The lowest BCUT2D eigenvalue weighted by Gasteiger charge is -2.28. The largest absolute Gasteiger partial charge is 0.322 e. The first-order valence-corrected chi connectivity index (χ1v) is 11.5. The molecule has 1 atom stereocenters. The summed E-state index contributed by atoms with van der Waals surface area (Å²) in [7, 11) is 0. The van der Waals surface area contributed by atoms with Crippen LogP contribution in [0.5, 0.6) is 0 Å². The summed E-state index contributed by atoms with van der Waals surface area (Å²) < 4.78 is 0. The Kier molecular flexibility index (Phi) is 6.90. The molecule has 1 amide bonds. The van der Waals surface area contributed by atoms with Crippen LogP contribution in [0.4, 0.5) is 0 Å². The van der Waals surface area contributed by atoms with Gasteiger partial charge in [0.1, 0.15) is 5.37 Å². The molecule has 0 N–H and O–H groups in total. The van der Waals surface area contributed by atoms with Crippen LogP contribution in [0.2, 0.25) is 5.02 Å². The fourth-order valence-electron chi connectivity index (χ4n) is 3.97. The Balaban J connectivity index is 1.51. The van der Waals surface area contributed by atoms with Crippen molar-refractivity contribution in [2.24, 2.45) is 0 Å². The summed E-state index contributed by atoms with van der Waals surface area (Å²) in [6.07, 6.45) is 10.4. The van der Waals surface area contributed by atoms with Crippen molar-refractivity contribution >= 4 is 35.3 Å². The van der Waals surface area contributed by atoms with E-state index in [1.165, 1.54) is 32.4 Å². The zero-order chi connectivity index (χ0) is 20.1. The summed E-state index contributed by atoms with van der Waals surface area (Å²) in [5.74, 6) is 0.0995. The van der Waals surface area contributed by atoms with E-state index in [1.54, 1.807) is 24.2 Å². The van der Waals surface area contributed by atoms with Crippen LogP contribution in [0.25, 0.3) is 6.08 Å². The van der Waals surface area contributed by atoms with Crippen molar-refractivity contribution in [2.75, 3.05) is 26.2 Å². The molecule has 1 unspecified atom stereocenters. The lowest BCUT2D eigenvalue weighted by molar-refractivity contribution is -0.126. The minimum Gasteiger partial charge on any atom is -0.322 e. The first kappa shape index (κ1) is 20.5. The van der Waals surface area contributed by atoms with Gasteiger partial charge in [0.05, 0.1) is 4.91 Å². The van der Waals surface area contributed by atoms with Gasteiger partial charge in [-0.1, -0.05) is 48.0 Å². The van der Waals surface area contributed by atoms with Crippen molar-refractivity contribution < 1.29 is 4.79 Å². The van der Waals surface area contributed by atoms with Crippen molar-refractivity contribution in [3.63, 3.8) is 0 Å². The molecule has 3 heterocycles. The SMILES string of the molecule is O=C1/C(=C/c2cccnc2)SC(c2cccc(Cl)c2)N1CCCN1CCCCC1. The highest BCUT2D eigenvalue weighted by atomic mass is 35.5. The Labute approximate surface area is 181 Å². The van der Waals surface area contributed by atoms with E-state index in [0.29, 0.717) is 5.02 Å². The number of hydrogen-bond donors (Lipinski definition) is 0. The van der Waals surface area contributed by atoms with Gasteiger partial charge in [0.2, 0.25) is 0 Å². The van der Waals surface area contributed by atoms with Crippen LogP contribution in [0.3, 0.4) is 0 Å². The molecular formula is C23H26ClN3OS. The molecule has 0 spiro atoms. The molecule has 4 rings (SSSR count). The standard InChI is InChI=1S/C23H26ClN3OS/c24-20-9-4-8-19(16-20)23-27(14-6-13-26-11-2-1-3-12-26)22(28)21(29-23)15-18-7-5-10-25-17-18/h4-5,7-10,15-17,23H,1-3,6,11-14H2/b21-15-. The predicted molar refractivity (Wildman–Crippen MR) is 121 cm³/mol. The van der Waals surface area contributed by atoms with Crippen molar-refractivity contribution in [1.29, 1.82) is 0 Å². The summed E-state index contributed by atoms with van der Waals surface area (Å²) in [4.78, 5) is 22.7. The summed E-state index contributed by atoms with van der Waals surface area (Å²) in [6, 6.07) is 11.7. The maximum absolute atomic E-state index is 13.2. The number of hydrogen-bond acceptors (Lipinski definition) is 4. The highest BCUT2D eigenvalue weighted by Crippen LogP contribution is 2.46. The van der Waals surface area contributed by atoms with Crippen molar-refractivity contribution in [1.82, 2.24) is 14.8 Å². The van der Waals surface area contributed by atoms with Gasteiger partial charge in [-0.05, 0) is 74.3 Å². The van der Waals surface area contributed by atoms with E-state index in [1.807, 2.05) is 41.3 Å². The zero-order valence-electron chi connectivity index (χ0n) is 16.5. The van der Waals surface area contributed by atoms with E-state index in [-0.39, 0.29) is 11.3 Å². The van der Waals surface area contributed by atoms with E-state index in [0.717, 1.165) is 35.5 Å². The van der Waals surface area contributed by atoms with E-state index >= 15 is 0 Å². The minimum absolute atomic E-state index is 0.0366. The lowest BCUT2D eigenvalue weighted by atomic mass is 10.1. The Bertz CT molecular complexity index is 867. The van der Waals surface area contributed by atoms with Gasteiger partial charge < -0.3 is 9.80 Å². The van der Waals surface area contributed by atoms with Gasteiger partial charge in [0, 0.05) is 24.0 Å². The molecule has 2 aliphatic heterocycles. The number of rotatable bonds is 6. The Morgan fingerprint density at radius 3 is 2.76 bits per heavy atom. The number of carbonyl (C=O) groups is 1. The fraction of sp³-hybridized carbons (Fsp3) is 0.391. The number of halogens is 1. The molecule has 1 aromatic heterocycles. The first-order chi connectivity index (χ1) is 14.2. The number of likely N-dealkylation sites (tertiary alicyclic amines) is 1. The van der Waals surface area contributed by atoms with Crippen LogP contribution >= 0.6 is 23.4 Å². The molecule has 0 saturated carbocycles. The van der Waals surface area contributed by atoms with Gasteiger partial charge in [-0.25, -0.2) is 0 Å². The summed E-state index contributed by atoms with van der Waals surface area (Å²) in [5.41, 5.74) is 2.02. The maximum atomic E-state index is 13.2. The molecule has 0 bridgehead atoms. The second-order valence-electron chi connectivity index (χ2n) is 7.57. The van der Waals surface area contributed by atoms with Crippen LogP contribution in [-0.2, 0) is 4.79 Å². The second kappa shape index (κ2) is 9.79. The molecule has 152 valence electrons. The van der Waals surface area contributed by atoms with Crippen LogP contribution in [-0.4, -0.2) is 46.9 Å². The van der Waals surface area contributed by atoms with E-state index in [9.17, 15) is 4.79 Å². The third kappa shape index (κ3) is 5.21. The number of benzene rings is 1. The average molecular weight is 428 g/mol. The molecule has 2 saturated heterocycles. The molecule has 2 aromatic rings. The van der Waals surface area contributed by atoms with Gasteiger partial charge >= 0.3 is 0 Å². The van der Waals surface area contributed by atoms with Gasteiger partial charge in [0.15, 0.2) is 0 Å². The first-order valence-electron chi connectivity index (χ1n) is 10.3. The molecule has 1 aromatic carbocycles. The summed E-state index contributed by atoms with van der Waals surface area (Å²) in [5, 5.41) is 0.666. The predicted octanol–water partition coefficient (Wildman–Crippen LogP) is 5.23. The van der Waals surface area contributed by atoms with Crippen LogP contribution < -0.4 is 0 Å². The van der Waals surface area contributed by atoms with Gasteiger partial charge in [-0.3, -0.25) is 9.78 Å². The quantitative estimate of drug-likeness (QED) is 0.591. The number of thioether (sulfide) groups is 1. The third-order valence-corrected chi connectivity index (χ3v) is 6.96. The van der Waals surface area contributed by atoms with Crippen molar-refractivity contribution in [3.05, 3.63) is 69.8 Å². The molecule has 0 aliphatic carbocycles. The summed E-state index contributed by atoms with van der Waals surface area (Å²) >= 11 is 7.84. The molecule has 2 aliphatic rings. The van der Waals surface area contributed by atoms with E-state index < -0.39 is 0 Å². The van der Waals surface area contributed by atoms with E-state index in [2.05, 4.69) is 16.0 Å². The number of pyridine rings is 1. The number of carbonyl (C=O) groups excluding carboxylic acids is 1. The average Bonchev–Trinajstić information content (AvgIpc) is 3.05. The molecule has 4 nitrogen and oxygen atoms in total. The van der Waals surface area contributed by atoms with Gasteiger partial charge in [-0.2, -0.15) is 0 Å². The number of amides is 1. The van der Waals surface area contributed by atoms with Crippen LogP contribution in [0, 0.1) is 0 Å². The smallest absolute Gasteiger partial charge is 0.261 e.